The molecule has 0 aliphatic rings. The zero-order valence-corrected chi connectivity index (χ0v) is 17.1. The minimum atomic E-state index is -0.599. The van der Waals surface area contributed by atoms with E-state index < -0.39 is 11.7 Å². The molecule has 0 radical (unpaired) electrons. The molecular weight excluding hydrogens is 403 g/mol. The van der Waals surface area contributed by atoms with Gasteiger partial charge in [-0.1, -0.05) is 29.8 Å². The monoisotopic (exact) mass is 420 g/mol. The highest BCUT2D eigenvalue weighted by Gasteiger charge is 2.20. The first-order valence-electron chi connectivity index (χ1n) is 9.29. The van der Waals surface area contributed by atoms with E-state index >= 15 is 0 Å². The van der Waals surface area contributed by atoms with Gasteiger partial charge < -0.3 is 5.32 Å². The lowest BCUT2D eigenvalue weighted by Crippen LogP contribution is -2.15. The van der Waals surface area contributed by atoms with Crippen molar-refractivity contribution in [3.05, 3.63) is 94.5 Å². The summed E-state index contributed by atoms with van der Waals surface area (Å²) in [5.74, 6) is -0.717. The zero-order valence-electron chi connectivity index (χ0n) is 16.4. The number of rotatable bonds is 4. The second-order valence-corrected chi connectivity index (χ2v) is 7.32. The average molecular weight is 421 g/mol. The molecule has 5 nitrogen and oxygen atoms in total. The fourth-order valence-electron chi connectivity index (χ4n) is 2.97. The van der Waals surface area contributed by atoms with E-state index in [1.54, 1.807) is 28.9 Å². The lowest BCUT2D eigenvalue weighted by Gasteiger charge is -2.08. The molecular formula is C23H18ClFN4O. The number of hydrogen-bond donors (Lipinski definition) is 1. The normalized spacial score (nSPS) is 10.8. The van der Waals surface area contributed by atoms with Gasteiger partial charge in [0.2, 0.25) is 5.82 Å². The van der Waals surface area contributed by atoms with Crippen LogP contribution < -0.4 is 5.32 Å². The van der Waals surface area contributed by atoms with E-state index in [9.17, 15) is 9.18 Å². The van der Waals surface area contributed by atoms with Crippen LogP contribution in [-0.4, -0.2) is 20.7 Å². The Morgan fingerprint density at radius 1 is 1.00 bits per heavy atom. The van der Waals surface area contributed by atoms with Crippen LogP contribution in [0.2, 0.25) is 5.02 Å². The van der Waals surface area contributed by atoms with Crippen LogP contribution in [0.4, 0.5) is 10.1 Å². The predicted octanol–water partition coefficient (Wildman–Crippen LogP) is 5.60. The summed E-state index contributed by atoms with van der Waals surface area (Å²) in [7, 11) is 0. The highest BCUT2D eigenvalue weighted by atomic mass is 35.5. The summed E-state index contributed by atoms with van der Waals surface area (Å²) < 4.78 is 15.5. The SMILES string of the molecule is Cc1ccc(-n2nc(C(=O)Nc3ccccc3F)nc2-c2ccc(Cl)cc2)cc1C. The van der Waals surface area contributed by atoms with Crippen molar-refractivity contribution in [2.75, 3.05) is 5.32 Å². The van der Waals surface area contributed by atoms with Crippen molar-refractivity contribution >= 4 is 23.2 Å². The third kappa shape index (κ3) is 3.95. The molecule has 0 atom stereocenters. The van der Waals surface area contributed by atoms with Crippen molar-refractivity contribution in [1.82, 2.24) is 14.8 Å². The van der Waals surface area contributed by atoms with Crippen LogP contribution in [0.25, 0.3) is 17.1 Å². The second-order valence-electron chi connectivity index (χ2n) is 6.88. The summed E-state index contributed by atoms with van der Waals surface area (Å²) >= 11 is 6.01. The van der Waals surface area contributed by atoms with Gasteiger partial charge in [-0.2, -0.15) is 0 Å². The number of benzene rings is 3. The van der Waals surface area contributed by atoms with Gasteiger partial charge in [0.05, 0.1) is 11.4 Å². The van der Waals surface area contributed by atoms with Gasteiger partial charge in [0, 0.05) is 10.6 Å². The Hall–Kier alpha value is -3.51. The van der Waals surface area contributed by atoms with Crippen molar-refractivity contribution in [1.29, 1.82) is 0 Å². The number of carbonyl (C=O) groups excluding carboxylic acids is 1. The number of anilines is 1. The lowest BCUT2D eigenvalue weighted by atomic mass is 10.1. The average Bonchev–Trinajstić information content (AvgIpc) is 3.18. The van der Waals surface area contributed by atoms with E-state index in [2.05, 4.69) is 15.4 Å². The third-order valence-corrected chi connectivity index (χ3v) is 5.02. The number of aromatic nitrogens is 3. The van der Waals surface area contributed by atoms with E-state index in [0.717, 1.165) is 22.4 Å². The zero-order chi connectivity index (χ0) is 21.3. The van der Waals surface area contributed by atoms with E-state index in [1.807, 2.05) is 44.2 Å². The van der Waals surface area contributed by atoms with E-state index in [4.69, 9.17) is 11.6 Å². The number of carbonyl (C=O) groups is 1. The molecule has 0 fully saturated rings. The van der Waals surface area contributed by atoms with Gasteiger partial charge in [0.25, 0.3) is 5.91 Å². The van der Waals surface area contributed by atoms with Crippen LogP contribution >= 0.6 is 11.6 Å². The summed E-state index contributed by atoms with van der Waals surface area (Å²) in [6.07, 6.45) is 0. The van der Waals surface area contributed by atoms with Crippen molar-refractivity contribution in [3.63, 3.8) is 0 Å². The Labute approximate surface area is 178 Å². The maximum Gasteiger partial charge on any atom is 0.295 e. The Morgan fingerprint density at radius 3 is 2.43 bits per heavy atom. The number of para-hydroxylation sites is 1. The lowest BCUT2D eigenvalue weighted by molar-refractivity contribution is 0.101. The molecule has 0 spiro atoms. The maximum absolute atomic E-state index is 13.9. The molecule has 150 valence electrons. The van der Waals surface area contributed by atoms with Crippen LogP contribution in [0.3, 0.4) is 0 Å². The van der Waals surface area contributed by atoms with E-state index in [1.165, 1.54) is 12.1 Å². The molecule has 0 unspecified atom stereocenters. The molecule has 1 N–H and O–H groups in total. The second kappa shape index (κ2) is 8.08. The van der Waals surface area contributed by atoms with Crippen LogP contribution in [0.15, 0.2) is 66.7 Å². The molecule has 0 aliphatic carbocycles. The van der Waals surface area contributed by atoms with Gasteiger partial charge in [-0.3, -0.25) is 4.79 Å². The summed E-state index contributed by atoms with van der Waals surface area (Å²) in [6, 6.07) is 18.9. The van der Waals surface area contributed by atoms with E-state index in [-0.39, 0.29) is 11.5 Å². The Balaban J connectivity index is 1.79. The third-order valence-electron chi connectivity index (χ3n) is 4.77. The minimum absolute atomic E-state index is 0.0677. The minimum Gasteiger partial charge on any atom is -0.317 e. The molecule has 0 saturated heterocycles. The molecule has 1 amide bonds. The fraction of sp³-hybridized carbons (Fsp3) is 0.0870. The van der Waals surface area contributed by atoms with Gasteiger partial charge in [0.1, 0.15) is 5.82 Å². The topological polar surface area (TPSA) is 59.8 Å². The molecule has 0 aliphatic heterocycles. The quantitative estimate of drug-likeness (QED) is 0.467. The molecule has 30 heavy (non-hydrogen) atoms. The van der Waals surface area contributed by atoms with Gasteiger partial charge >= 0.3 is 0 Å². The highest BCUT2D eigenvalue weighted by Crippen LogP contribution is 2.24. The number of nitrogens with one attached hydrogen (secondary N) is 1. The molecule has 1 aromatic heterocycles. The van der Waals surface area contributed by atoms with Gasteiger partial charge in [0.15, 0.2) is 5.82 Å². The summed E-state index contributed by atoms with van der Waals surface area (Å²) in [6.45, 7) is 4.03. The highest BCUT2D eigenvalue weighted by molar-refractivity contribution is 6.30. The van der Waals surface area contributed by atoms with Gasteiger partial charge in [-0.05, 0) is 73.5 Å². The Morgan fingerprint density at radius 2 is 1.73 bits per heavy atom. The van der Waals surface area contributed by atoms with E-state index in [0.29, 0.717) is 10.8 Å². The largest absolute Gasteiger partial charge is 0.317 e. The van der Waals surface area contributed by atoms with Crippen molar-refractivity contribution < 1.29 is 9.18 Å². The maximum atomic E-state index is 13.9. The summed E-state index contributed by atoms with van der Waals surface area (Å²) in [4.78, 5) is 17.2. The Kier molecular flexibility index (Phi) is 5.33. The van der Waals surface area contributed by atoms with Crippen LogP contribution in [0, 0.1) is 19.7 Å². The smallest absolute Gasteiger partial charge is 0.295 e. The number of aryl methyl sites for hydroxylation is 2. The number of halogens is 2. The van der Waals surface area contributed by atoms with Crippen molar-refractivity contribution in [3.8, 4) is 17.1 Å². The standard InChI is InChI=1S/C23H18ClFN4O/c1-14-7-12-18(13-15(14)2)29-22(16-8-10-17(24)11-9-16)27-21(28-29)23(30)26-20-6-4-3-5-19(20)25/h3-13H,1-2H3,(H,26,30). The molecule has 1 heterocycles. The first kappa shape index (κ1) is 19.8. The Bertz CT molecular complexity index is 1230. The van der Waals surface area contributed by atoms with Crippen LogP contribution in [-0.2, 0) is 0 Å². The summed E-state index contributed by atoms with van der Waals surface area (Å²) in [5.41, 5.74) is 3.81. The first-order valence-corrected chi connectivity index (χ1v) is 9.66. The number of nitrogens with zero attached hydrogens (tertiary/aromatic N) is 3. The van der Waals surface area contributed by atoms with Gasteiger partial charge in [-0.25, -0.2) is 14.1 Å². The molecule has 4 aromatic rings. The molecule has 0 bridgehead atoms. The fourth-order valence-corrected chi connectivity index (χ4v) is 3.10. The number of hydrogen-bond acceptors (Lipinski definition) is 3. The molecule has 0 saturated carbocycles. The summed E-state index contributed by atoms with van der Waals surface area (Å²) in [5, 5.41) is 7.53. The van der Waals surface area contributed by atoms with Crippen LogP contribution in [0.1, 0.15) is 21.7 Å². The van der Waals surface area contributed by atoms with Crippen molar-refractivity contribution in [2.45, 2.75) is 13.8 Å². The number of amides is 1. The predicted molar refractivity (Wildman–Crippen MR) is 116 cm³/mol. The first-order chi connectivity index (χ1) is 14.4. The van der Waals surface area contributed by atoms with Crippen LogP contribution in [0.5, 0.6) is 0 Å². The molecule has 7 heteroatoms. The van der Waals surface area contributed by atoms with Gasteiger partial charge in [-0.15, -0.1) is 5.10 Å². The molecule has 3 aromatic carbocycles. The van der Waals surface area contributed by atoms with Crippen molar-refractivity contribution in [2.24, 2.45) is 0 Å². The molecule has 4 rings (SSSR count).